The molecule has 0 spiro atoms. The van der Waals surface area contributed by atoms with Gasteiger partial charge in [-0.1, -0.05) is 6.92 Å². The zero-order chi connectivity index (χ0) is 11.4. The summed E-state index contributed by atoms with van der Waals surface area (Å²) in [6, 6.07) is 0. The van der Waals surface area contributed by atoms with Crippen molar-refractivity contribution in [2.75, 3.05) is 17.4 Å². The molecule has 1 aliphatic heterocycles. The molecule has 5 nitrogen and oxygen atoms in total. The van der Waals surface area contributed by atoms with Crippen LogP contribution in [0.15, 0.2) is 0 Å². The SMILES string of the molecule is CC(CS)C(=O)N1CSCC1OC(=O)O. The Balaban J connectivity index is 2.59. The standard InChI is InChI=1S/C8H13NO4S2/c1-5(2-14)7(10)9-4-15-3-6(9)13-8(11)12/h5-6,14H,2-4H2,1H3,(H,11,12). The highest BCUT2D eigenvalue weighted by molar-refractivity contribution is 7.99. The monoisotopic (exact) mass is 251 g/mol. The summed E-state index contributed by atoms with van der Waals surface area (Å²) in [6.07, 6.45) is -2.00. The van der Waals surface area contributed by atoms with E-state index in [1.54, 1.807) is 6.92 Å². The summed E-state index contributed by atoms with van der Waals surface area (Å²) in [4.78, 5) is 23.6. The summed E-state index contributed by atoms with van der Waals surface area (Å²) >= 11 is 5.52. The Hall–Kier alpha value is -0.560. The molecule has 1 aliphatic rings. The summed E-state index contributed by atoms with van der Waals surface area (Å²) in [7, 11) is 0. The highest BCUT2D eigenvalue weighted by Gasteiger charge is 2.33. The number of carbonyl (C=O) groups excluding carboxylic acids is 1. The first-order valence-electron chi connectivity index (χ1n) is 4.45. The van der Waals surface area contributed by atoms with Gasteiger partial charge >= 0.3 is 6.16 Å². The first-order valence-corrected chi connectivity index (χ1v) is 6.23. The van der Waals surface area contributed by atoms with Crippen LogP contribution in [0.25, 0.3) is 0 Å². The van der Waals surface area contributed by atoms with Gasteiger partial charge in [0.1, 0.15) is 0 Å². The van der Waals surface area contributed by atoms with Gasteiger partial charge in [-0.2, -0.15) is 12.6 Å². The molecule has 1 fully saturated rings. The molecule has 0 aliphatic carbocycles. The molecule has 1 heterocycles. The van der Waals surface area contributed by atoms with E-state index in [0.29, 0.717) is 17.4 Å². The van der Waals surface area contributed by atoms with E-state index in [0.717, 1.165) is 0 Å². The lowest BCUT2D eigenvalue weighted by Crippen LogP contribution is -2.42. The Bertz CT molecular complexity index is 261. The zero-order valence-corrected chi connectivity index (χ0v) is 9.96. The van der Waals surface area contributed by atoms with Crippen molar-refractivity contribution in [2.45, 2.75) is 13.2 Å². The first kappa shape index (κ1) is 12.5. The van der Waals surface area contributed by atoms with Crippen molar-refractivity contribution in [1.82, 2.24) is 4.90 Å². The van der Waals surface area contributed by atoms with Gasteiger partial charge in [0.2, 0.25) is 5.91 Å². The minimum Gasteiger partial charge on any atom is -0.450 e. The fourth-order valence-electron chi connectivity index (χ4n) is 1.21. The van der Waals surface area contributed by atoms with Crippen molar-refractivity contribution < 1.29 is 19.4 Å². The molecule has 0 aromatic rings. The van der Waals surface area contributed by atoms with Gasteiger partial charge in [-0.25, -0.2) is 4.79 Å². The van der Waals surface area contributed by atoms with E-state index in [4.69, 9.17) is 5.11 Å². The Morgan fingerprint density at radius 3 is 2.93 bits per heavy atom. The molecular formula is C8H13NO4S2. The summed E-state index contributed by atoms with van der Waals surface area (Å²) in [6.45, 7) is 1.76. The van der Waals surface area contributed by atoms with E-state index in [-0.39, 0.29) is 11.8 Å². The fourth-order valence-corrected chi connectivity index (χ4v) is 2.41. The third-order valence-corrected chi connectivity index (χ3v) is 3.58. The largest absolute Gasteiger partial charge is 0.507 e. The Morgan fingerprint density at radius 1 is 1.73 bits per heavy atom. The second-order valence-electron chi connectivity index (χ2n) is 3.23. The number of amides is 1. The molecule has 2 atom stereocenters. The minimum atomic E-state index is -1.35. The molecule has 15 heavy (non-hydrogen) atoms. The lowest BCUT2D eigenvalue weighted by molar-refractivity contribution is -0.141. The van der Waals surface area contributed by atoms with Crippen molar-refractivity contribution in [3.05, 3.63) is 0 Å². The van der Waals surface area contributed by atoms with Gasteiger partial charge in [0.25, 0.3) is 0 Å². The number of nitrogens with zero attached hydrogens (tertiary/aromatic N) is 1. The first-order chi connectivity index (χ1) is 7.06. The number of hydrogen-bond acceptors (Lipinski definition) is 5. The van der Waals surface area contributed by atoms with Crippen LogP contribution in [-0.4, -0.2) is 45.7 Å². The van der Waals surface area contributed by atoms with Crippen molar-refractivity contribution in [3.63, 3.8) is 0 Å². The molecule has 1 saturated heterocycles. The normalized spacial score (nSPS) is 22.5. The average Bonchev–Trinajstić information content (AvgIpc) is 2.62. The van der Waals surface area contributed by atoms with Gasteiger partial charge in [0.05, 0.1) is 11.6 Å². The molecule has 1 N–H and O–H groups in total. The smallest absolute Gasteiger partial charge is 0.450 e. The Labute approximate surface area is 97.6 Å². The summed E-state index contributed by atoms with van der Waals surface area (Å²) in [5, 5.41) is 8.48. The van der Waals surface area contributed by atoms with Gasteiger partial charge in [-0.05, 0) is 0 Å². The maximum atomic E-state index is 11.8. The van der Waals surface area contributed by atoms with Crippen LogP contribution in [0.1, 0.15) is 6.92 Å². The predicted octanol–water partition coefficient (Wildman–Crippen LogP) is 1.11. The lowest BCUT2D eigenvalue weighted by atomic mass is 10.2. The average molecular weight is 251 g/mol. The van der Waals surface area contributed by atoms with Crippen LogP contribution in [0.5, 0.6) is 0 Å². The minimum absolute atomic E-state index is 0.110. The van der Waals surface area contributed by atoms with Crippen LogP contribution in [-0.2, 0) is 9.53 Å². The van der Waals surface area contributed by atoms with E-state index in [9.17, 15) is 9.59 Å². The summed E-state index contributed by atoms with van der Waals surface area (Å²) < 4.78 is 4.62. The summed E-state index contributed by atoms with van der Waals surface area (Å²) in [5.74, 6) is 1.10. The van der Waals surface area contributed by atoms with Crippen molar-refractivity contribution >= 4 is 36.5 Å². The van der Waals surface area contributed by atoms with Crippen molar-refractivity contribution in [1.29, 1.82) is 0 Å². The quantitative estimate of drug-likeness (QED) is 0.581. The van der Waals surface area contributed by atoms with Crippen LogP contribution in [0.3, 0.4) is 0 Å². The van der Waals surface area contributed by atoms with Crippen molar-refractivity contribution in [2.24, 2.45) is 5.92 Å². The maximum absolute atomic E-state index is 11.8. The molecule has 7 heteroatoms. The number of ether oxygens (including phenoxy) is 1. The van der Waals surface area contributed by atoms with Gasteiger partial charge < -0.3 is 9.84 Å². The number of rotatable bonds is 3. The highest BCUT2D eigenvalue weighted by Crippen LogP contribution is 2.23. The van der Waals surface area contributed by atoms with Crippen LogP contribution in [0.2, 0.25) is 0 Å². The molecule has 0 bridgehead atoms. The molecule has 0 radical (unpaired) electrons. The fraction of sp³-hybridized carbons (Fsp3) is 0.750. The summed E-state index contributed by atoms with van der Waals surface area (Å²) in [5.41, 5.74) is 0. The van der Waals surface area contributed by atoms with E-state index in [1.807, 2.05) is 0 Å². The second kappa shape index (κ2) is 5.50. The molecular weight excluding hydrogens is 238 g/mol. The van der Waals surface area contributed by atoms with Crippen LogP contribution < -0.4 is 0 Å². The van der Waals surface area contributed by atoms with Gasteiger partial charge in [-0.3, -0.25) is 9.69 Å². The number of thiol groups is 1. The highest BCUT2D eigenvalue weighted by atomic mass is 32.2. The molecule has 1 amide bonds. The van der Waals surface area contributed by atoms with E-state index in [2.05, 4.69) is 17.4 Å². The number of carboxylic acid groups (broad SMARTS) is 1. The third-order valence-electron chi connectivity index (χ3n) is 2.05. The number of thioether (sulfide) groups is 1. The molecule has 0 saturated carbocycles. The van der Waals surface area contributed by atoms with E-state index in [1.165, 1.54) is 16.7 Å². The van der Waals surface area contributed by atoms with Crippen LogP contribution in [0, 0.1) is 5.92 Å². The Morgan fingerprint density at radius 2 is 2.40 bits per heavy atom. The van der Waals surface area contributed by atoms with E-state index < -0.39 is 12.4 Å². The molecule has 0 aromatic carbocycles. The van der Waals surface area contributed by atoms with Crippen LogP contribution >= 0.6 is 24.4 Å². The number of hydrogen-bond donors (Lipinski definition) is 2. The van der Waals surface area contributed by atoms with Crippen LogP contribution in [0.4, 0.5) is 4.79 Å². The maximum Gasteiger partial charge on any atom is 0.507 e. The zero-order valence-electron chi connectivity index (χ0n) is 8.25. The van der Waals surface area contributed by atoms with Gasteiger partial charge in [0.15, 0.2) is 6.23 Å². The number of carbonyl (C=O) groups is 2. The third kappa shape index (κ3) is 3.20. The molecule has 86 valence electrons. The molecule has 0 aromatic heterocycles. The topological polar surface area (TPSA) is 66.8 Å². The Kier molecular flexibility index (Phi) is 4.59. The lowest BCUT2D eigenvalue weighted by Gasteiger charge is -2.24. The van der Waals surface area contributed by atoms with Crippen molar-refractivity contribution in [3.8, 4) is 0 Å². The van der Waals surface area contributed by atoms with Gasteiger partial charge in [0, 0.05) is 11.7 Å². The molecule has 2 unspecified atom stereocenters. The molecule has 1 rings (SSSR count). The van der Waals surface area contributed by atoms with Gasteiger partial charge in [-0.15, -0.1) is 11.8 Å². The second-order valence-corrected chi connectivity index (χ2v) is 4.59. The predicted molar refractivity (Wildman–Crippen MR) is 60.1 cm³/mol. The van der Waals surface area contributed by atoms with E-state index >= 15 is 0 Å².